The Bertz CT molecular complexity index is 753. The molecule has 4 nitrogen and oxygen atoms in total. The van der Waals surface area contributed by atoms with Gasteiger partial charge in [-0.15, -0.1) is 0 Å². The zero-order valence-electron chi connectivity index (χ0n) is 11.3. The summed E-state index contributed by atoms with van der Waals surface area (Å²) in [5.74, 6) is 1.86. The third kappa shape index (κ3) is 1.65. The summed E-state index contributed by atoms with van der Waals surface area (Å²) in [5.41, 5.74) is 3.78. The van der Waals surface area contributed by atoms with Crippen molar-refractivity contribution in [3.8, 4) is 5.75 Å². The Balaban J connectivity index is 1.74. The third-order valence-electron chi connectivity index (χ3n) is 3.89. The number of rotatable bonds is 2. The summed E-state index contributed by atoms with van der Waals surface area (Å²) in [4.78, 5) is 2.30. The Morgan fingerprint density at radius 1 is 1.10 bits per heavy atom. The van der Waals surface area contributed by atoms with Gasteiger partial charge in [0.2, 0.25) is 0 Å². The number of methoxy groups -OCH3 is 1. The van der Waals surface area contributed by atoms with Gasteiger partial charge in [0.1, 0.15) is 5.75 Å². The van der Waals surface area contributed by atoms with Crippen molar-refractivity contribution in [1.82, 2.24) is 10.2 Å². The van der Waals surface area contributed by atoms with Crippen LogP contribution in [-0.2, 0) is 13.1 Å². The maximum atomic E-state index is 5.25. The van der Waals surface area contributed by atoms with E-state index in [1.165, 1.54) is 11.1 Å². The van der Waals surface area contributed by atoms with Crippen LogP contribution in [0.25, 0.3) is 10.9 Å². The van der Waals surface area contributed by atoms with Gasteiger partial charge in [-0.05, 0) is 23.3 Å². The monoisotopic (exact) mass is 265 g/mol. The summed E-state index contributed by atoms with van der Waals surface area (Å²) < 4.78 is 5.25. The van der Waals surface area contributed by atoms with E-state index < -0.39 is 0 Å². The standard InChI is InChI=1S/C16H15N3O/c1-20-13-6-7-14-15(8-13)17-18-16(14)19-9-11-4-2-3-5-12(11)10-19/h2-8H,9-10H2,1H3,(H,17,18). The number of fused-ring (bicyclic) bond motifs is 2. The number of H-pyrrole nitrogens is 1. The Kier molecular flexibility index (Phi) is 2.42. The van der Waals surface area contributed by atoms with Crippen molar-refractivity contribution in [2.45, 2.75) is 13.1 Å². The maximum Gasteiger partial charge on any atom is 0.158 e. The van der Waals surface area contributed by atoms with Gasteiger partial charge >= 0.3 is 0 Å². The van der Waals surface area contributed by atoms with Crippen LogP contribution in [0.3, 0.4) is 0 Å². The molecule has 0 spiro atoms. The Morgan fingerprint density at radius 2 is 1.85 bits per heavy atom. The van der Waals surface area contributed by atoms with E-state index in [0.717, 1.165) is 35.6 Å². The molecule has 0 bridgehead atoms. The van der Waals surface area contributed by atoms with E-state index in [4.69, 9.17) is 4.74 Å². The van der Waals surface area contributed by atoms with E-state index in [-0.39, 0.29) is 0 Å². The molecule has 1 N–H and O–H groups in total. The summed E-state index contributed by atoms with van der Waals surface area (Å²) in [6.07, 6.45) is 0. The van der Waals surface area contributed by atoms with Crippen LogP contribution in [0.4, 0.5) is 5.82 Å². The van der Waals surface area contributed by atoms with Gasteiger partial charge in [-0.1, -0.05) is 24.3 Å². The van der Waals surface area contributed by atoms with Crippen molar-refractivity contribution in [1.29, 1.82) is 0 Å². The molecule has 1 aliphatic rings. The molecule has 2 aromatic carbocycles. The molecular weight excluding hydrogens is 250 g/mol. The van der Waals surface area contributed by atoms with Crippen LogP contribution in [0.15, 0.2) is 42.5 Å². The summed E-state index contributed by atoms with van der Waals surface area (Å²) in [7, 11) is 1.68. The second-order valence-corrected chi connectivity index (χ2v) is 5.08. The highest BCUT2D eigenvalue weighted by molar-refractivity contribution is 5.91. The normalized spacial score (nSPS) is 13.8. The molecule has 1 aromatic heterocycles. The maximum absolute atomic E-state index is 5.25. The number of hydrogen-bond acceptors (Lipinski definition) is 3. The topological polar surface area (TPSA) is 41.1 Å². The van der Waals surface area contributed by atoms with Crippen molar-refractivity contribution < 1.29 is 4.74 Å². The van der Waals surface area contributed by atoms with Gasteiger partial charge in [-0.25, -0.2) is 0 Å². The molecule has 2 heterocycles. The Labute approximate surface area is 117 Å². The van der Waals surface area contributed by atoms with Gasteiger partial charge in [0.05, 0.1) is 12.6 Å². The average Bonchev–Trinajstić information content (AvgIpc) is 3.09. The van der Waals surface area contributed by atoms with E-state index in [9.17, 15) is 0 Å². The molecule has 0 amide bonds. The Morgan fingerprint density at radius 3 is 2.55 bits per heavy atom. The fourth-order valence-electron chi connectivity index (χ4n) is 2.84. The number of benzene rings is 2. The predicted octanol–water partition coefficient (Wildman–Crippen LogP) is 3.09. The summed E-state index contributed by atoms with van der Waals surface area (Å²) in [5, 5.41) is 8.71. The summed E-state index contributed by atoms with van der Waals surface area (Å²) in [6, 6.07) is 14.6. The molecule has 1 aliphatic heterocycles. The summed E-state index contributed by atoms with van der Waals surface area (Å²) >= 11 is 0. The van der Waals surface area contributed by atoms with Gasteiger partial charge in [-0.3, -0.25) is 5.10 Å². The molecule has 4 heteroatoms. The molecule has 3 aromatic rings. The molecule has 0 fully saturated rings. The van der Waals surface area contributed by atoms with Crippen LogP contribution in [0.1, 0.15) is 11.1 Å². The first-order chi connectivity index (χ1) is 9.85. The molecule has 0 saturated heterocycles. The van der Waals surface area contributed by atoms with E-state index in [1.54, 1.807) is 7.11 Å². The van der Waals surface area contributed by atoms with Gasteiger partial charge in [0, 0.05) is 24.5 Å². The largest absolute Gasteiger partial charge is 0.497 e. The zero-order valence-corrected chi connectivity index (χ0v) is 11.3. The van der Waals surface area contributed by atoms with Crippen LogP contribution in [0, 0.1) is 0 Å². The molecule has 100 valence electrons. The quantitative estimate of drug-likeness (QED) is 0.774. The molecule has 0 aliphatic carbocycles. The van der Waals surface area contributed by atoms with Crippen LogP contribution in [0.5, 0.6) is 5.75 Å². The van der Waals surface area contributed by atoms with E-state index in [2.05, 4.69) is 45.4 Å². The first-order valence-corrected chi connectivity index (χ1v) is 6.69. The highest BCUT2D eigenvalue weighted by Gasteiger charge is 2.22. The molecule has 0 saturated carbocycles. The predicted molar refractivity (Wildman–Crippen MR) is 79.0 cm³/mol. The average molecular weight is 265 g/mol. The number of nitrogens with one attached hydrogen (secondary N) is 1. The zero-order chi connectivity index (χ0) is 13.5. The lowest BCUT2D eigenvalue weighted by Crippen LogP contribution is -2.15. The number of anilines is 1. The molecular formula is C16H15N3O. The van der Waals surface area contributed by atoms with Crippen molar-refractivity contribution in [3.63, 3.8) is 0 Å². The Hall–Kier alpha value is -2.49. The number of hydrogen-bond donors (Lipinski definition) is 1. The van der Waals surface area contributed by atoms with Crippen molar-refractivity contribution in [3.05, 3.63) is 53.6 Å². The minimum atomic E-state index is 0.845. The molecule has 0 atom stereocenters. The van der Waals surface area contributed by atoms with Gasteiger partial charge in [0.25, 0.3) is 0 Å². The first-order valence-electron chi connectivity index (χ1n) is 6.69. The van der Waals surface area contributed by atoms with E-state index in [1.807, 2.05) is 12.1 Å². The SMILES string of the molecule is COc1ccc2c(N3Cc4ccccc4C3)n[nH]c2c1. The van der Waals surface area contributed by atoms with Crippen molar-refractivity contribution in [2.24, 2.45) is 0 Å². The lowest BCUT2D eigenvalue weighted by atomic mass is 10.1. The molecule has 4 rings (SSSR count). The second kappa shape index (κ2) is 4.27. The smallest absolute Gasteiger partial charge is 0.158 e. The highest BCUT2D eigenvalue weighted by atomic mass is 16.5. The van der Waals surface area contributed by atoms with E-state index >= 15 is 0 Å². The second-order valence-electron chi connectivity index (χ2n) is 5.08. The van der Waals surface area contributed by atoms with Crippen LogP contribution >= 0.6 is 0 Å². The third-order valence-corrected chi connectivity index (χ3v) is 3.89. The number of aromatic nitrogens is 2. The van der Waals surface area contributed by atoms with Crippen LogP contribution in [0.2, 0.25) is 0 Å². The summed E-state index contributed by atoms with van der Waals surface area (Å²) in [6.45, 7) is 1.84. The van der Waals surface area contributed by atoms with Crippen LogP contribution < -0.4 is 9.64 Å². The van der Waals surface area contributed by atoms with Gasteiger partial charge in [-0.2, -0.15) is 5.10 Å². The number of aromatic amines is 1. The molecule has 20 heavy (non-hydrogen) atoms. The molecule has 0 unspecified atom stereocenters. The minimum absolute atomic E-state index is 0.845. The number of ether oxygens (including phenoxy) is 1. The van der Waals surface area contributed by atoms with Crippen LogP contribution in [-0.4, -0.2) is 17.3 Å². The lowest BCUT2D eigenvalue weighted by molar-refractivity contribution is 0.415. The fourth-order valence-corrected chi connectivity index (χ4v) is 2.84. The van der Waals surface area contributed by atoms with E-state index in [0.29, 0.717) is 0 Å². The van der Waals surface area contributed by atoms with Gasteiger partial charge < -0.3 is 9.64 Å². The minimum Gasteiger partial charge on any atom is -0.497 e. The highest BCUT2D eigenvalue weighted by Crippen LogP contribution is 2.32. The van der Waals surface area contributed by atoms with Gasteiger partial charge in [0.15, 0.2) is 5.82 Å². The lowest BCUT2D eigenvalue weighted by Gasteiger charge is -2.14. The van der Waals surface area contributed by atoms with Crippen molar-refractivity contribution in [2.75, 3.05) is 12.0 Å². The number of nitrogens with zero attached hydrogens (tertiary/aromatic N) is 2. The van der Waals surface area contributed by atoms with Crippen molar-refractivity contribution >= 4 is 16.7 Å². The fraction of sp³-hybridized carbons (Fsp3) is 0.188. The molecule has 0 radical (unpaired) electrons. The first kappa shape index (κ1) is 11.3.